The molecule has 1 aliphatic heterocycles. The van der Waals surface area contributed by atoms with Gasteiger partial charge in [-0.3, -0.25) is 10.1 Å². The molecule has 1 aliphatic rings. The standard InChI is InChI=1S/C29H36N6O5S2.CH2Cl2/c1-32(2)16-15-23(22-41-25-11-7-4-8-12-25)30-27-14-13-26(21-28(27)35(37)38)42(39,40)31-29(36)34-19-17-33(18-20-34)24-9-5-3-6-10-24;2-1-3/h3-14,21,23,30H,15-20,22H2,1-2H3,(H,31,36);1H2/t23-;/m1./s1. The van der Waals surface area contributed by atoms with Crippen molar-refractivity contribution >= 4 is 68.1 Å². The van der Waals surface area contributed by atoms with E-state index in [0.717, 1.165) is 29.6 Å². The molecular weight excluding hydrogens is 659 g/mol. The van der Waals surface area contributed by atoms with E-state index in [1.807, 2.05) is 79.7 Å². The normalized spacial score (nSPS) is 13.9. The van der Waals surface area contributed by atoms with Crippen LogP contribution < -0.4 is 14.9 Å². The fourth-order valence-electron chi connectivity index (χ4n) is 4.54. The monoisotopic (exact) mass is 696 g/mol. The topological polar surface area (TPSA) is 128 Å². The van der Waals surface area contributed by atoms with Crippen LogP contribution in [0.5, 0.6) is 0 Å². The molecule has 0 bridgehead atoms. The lowest BCUT2D eigenvalue weighted by molar-refractivity contribution is -0.384. The number of hydrogen-bond donors (Lipinski definition) is 2. The van der Waals surface area contributed by atoms with Gasteiger partial charge in [0.25, 0.3) is 15.7 Å². The van der Waals surface area contributed by atoms with E-state index < -0.39 is 21.0 Å². The zero-order chi connectivity index (χ0) is 32.8. The Morgan fingerprint density at radius 2 is 1.60 bits per heavy atom. The summed E-state index contributed by atoms with van der Waals surface area (Å²) in [5.41, 5.74) is 0.884. The Balaban J connectivity index is 0.00000177. The van der Waals surface area contributed by atoms with Crippen LogP contribution in [0, 0.1) is 10.1 Å². The summed E-state index contributed by atoms with van der Waals surface area (Å²) >= 11 is 11.2. The first kappa shape index (κ1) is 36.2. The van der Waals surface area contributed by atoms with Crippen molar-refractivity contribution in [3.8, 4) is 0 Å². The molecule has 1 saturated heterocycles. The average molecular weight is 698 g/mol. The van der Waals surface area contributed by atoms with Gasteiger partial charge in [0, 0.05) is 54.6 Å². The Morgan fingerprint density at radius 1 is 1.00 bits per heavy atom. The number of amides is 2. The van der Waals surface area contributed by atoms with Gasteiger partial charge in [-0.2, -0.15) is 0 Å². The van der Waals surface area contributed by atoms with Crippen LogP contribution in [-0.2, 0) is 10.0 Å². The molecule has 0 radical (unpaired) electrons. The van der Waals surface area contributed by atoms with Gasteiger partial charge in [0.15, 0.2) is 0 Å². The molecule has 244 valence electrons. The Bertz CT molecular complexity index is 1480. The number of thioether (sulfide) groups is 1. The van der Waals surface area contributed by atoms with Gasteiger partial charge >= 0.3 is 6.03 Å². The Morgan fingerprint density at radius 3 is 2.18 bits per heavy atom. The number of nitro benzene ring substituents is 1. The first-order valence-electron chi connectivity index (χ1n) is 14.1. The SMILES string of the molecule is CN(C)CC[C@H](CSc1ccccc1)Nc1ccc(S(=O)(=O)NC(=O)N2CCN(c3ccccc3)CC2)cc1[N+](=O)[O-].ClCCl. The fourth-order valence-corrected chi connectivity index (χ4v) is 6.53. The number of anilines is 2. The molecule has 15 heteroatoms. The van der Waals surface area contributed by atoms with Crippen molar-refractivity contribution in [2.24, 2.45) is 0 Å². The number of sulfonamides is 1. The van der Waals surface area contributed by atoms with Crippen LogP contribution in [0.4, 0.5) is 21.9 Å². The van der Waals surface area contributed by atoms with Gasteiger partial charge in [-0.1, -0.05) is 36.4 Å². The number of alkyl halides is 2. The number of piperazine rings is 1. The summed E-state index contributed by atoms with van der Waals surface area (Å²) in [7, 11) is -0.423. The molecule has 1 atom stereocenters. The zero-order valence-corrected chi connectivity index (χ0v) is 28.3. The summed E-state index contributed by atoms with van der Waals surface area (Å²) in [6.07, 6.45) is 0.720. The van der Waals surface area contributed by atoms with Crippen LogP contribution in [0.3, 0.4) is 0 Å². The van der Waals surface area contributed by atoms with Crippen molar-refractivity contribution in [1.82, 2.24) is 14.5 Å². The second kappa shape index (κ2) is 18.1. The number of nitro groups is 1. The number of rotatable bonds is 12. The number of carbonyl (C=O) groups is 1. The summed E-state index contributed by atoms with van der Waals surface area (Å²) < 4.78 is 28.3. The van der Waals surface area contributed by atoms with Crippen LogP contribution in [0.25, 0.3) is 0 Å². The minimum Gasteiger partial charge on any atom is -0.376 e. The third-order valence-corrected chi connectivity index (χ3v) is 9.36. The zero-order valence-electron chi connectivity index (χ0n) is 25.1. The molecule has 3 aromatic carbocycles. The van der Waals surface area contributed by atoms with Crippen LogP contribution in [-0.4, -0.2) is 93.1 Å². The quantitative estimate of drug-likeness (QED) is 0.105. The van der Waals surface area contributed by atoms with E-state index in [0.29, 0.717) is 31.9 Å². The first-order chi connectivity index (χ1) is 21.5. The van der Waals surface area contributed by atoms with Gasteiger partial charge < -0.3 is 20.0 Å². The number of hydrogen-bond acceptors (Lipinski definition) is 9. The number of urea groups is 1. The third kappa shape index (κ3) is 11.6. The molecule has 0 unspecified atom stereocenters. The second-order valence-corrected chi connectivity index (χ2v) is 13.9. The van der Waals surface area contributed by atoms with Crippen LogP contribution >= 0.6 is 35.0 Å². The lowest BCUT2D eigenvalue weighted by atomic mass is 10.2. The predicted molar refractivity (Wildman–Crippen MR) is 183 cm³/mol. The molecule has 45 heavy (non-hydrogen) atoms. The third-order valence-electron chi connectivity index (χ3n) is 6.86. The maximum absolute atomic E-state index is 13.1. The lowest BCUT2D eigenvalue weighted by Crippen LogP contribution is -2.52. The molecule has 2 N–H and O–H groups in total. The molecule has 0 saturated carbocycles. The maximum atomic E-state index is 13.1. The van der Waals surface area contributed by atoms with Gasteiger partial charge in [0.05, 0.1) is 15.2 Å². The highest BCUT2D eigenvalue weighted by Crippen LogP contribution is 2.30. The summed E-state index contributed by atoms with van der Waals surface area (Å²) in [6, 6.07) is 22.5. The molecule has 0 aromatic heterocycles. The number of benzene rings is 3. The smallest absolute Gasteiger partial charge is 0.331 e. The summed E-state index contributed by atoms with van der Waals surface area (Å²) in [4.78, 5) is 30.6. The average Bonchev–Trinajstić information content (AvgIpc) is 3.03. The van der Waals surface area contributed by atoms with Crippen molar-refractivity contribution in [3.63, 3.8) is 0 Å². The van der Waals surface area contributed by atoms with E-state index in [1.165, 1.54) is 17.0 Å². The Labute approximate surface area is 279 Å². The van der Waals surface area contributed by atoms with E-state index >= 15 is 0 Å². The van der Waals surface area contributed by atoms with E-state index in [-0.39, 0.29) is 27.7 Å². The second-order valence-electron chi connectivity index (χ2n) is 10.3. The van der Waals surface area contributed by atoms with E-state index in [4.69, 9.17) is 23.2 Å². The predicted octanol–water partition coefficient (Wildman–Crippen LogP) is 5.76. The largest absolute Gasteiger partial charge is 0.376 e. The molecule has 1 heterocycles. The molecule has 1 fully saturated rings. The summed E-state index contributed by atoms with van der Waals surface area (Å²) in [5.74, 6) is 0.655. The summed E-state index contributed by atoms with van der Waals surface area (Å²) in [6.45, 7) is 2.56. The van der Waals surface area contributed by atoms with Crippen molar-refractivity contribution in [2.75, 3.05) is 68.1 Å². The highest BCUT2D eigenvalue weighted by molar-refractivity contribution is 7.99. The van der Waals surface area contributed by atoms with Crippen molar-refractivity contribution in [2.45, 2.75) is 22.3 Å². The van der Waals surface area contributed by atoms with Crippen LogP contribution in [0.1, 0.15) is 6.42 Å². The van der Waals surface area contributed by atoms with Gasteiger partial charge in [0.1, 0.15) is 5.69 Å². The van der Waals surface area contributed by atoms with Crippen LogP contribution in [0.2, 0.25) is 0 Å². The van der Waals surface area contributed by atoms with Gasteiger partial charge in [0.2, 0.25) is 0 Å². The molecule has 11 nitrogen and oxygen atoms in total. The van der Waals surface area contributed by atoms with Crippen molar-refractivity contribution < 1.29 is 18.1 Å². The van der Waals surface area contributed by atoms with Gasteiger partial charge in [-0.25, -0.2) is 17.9 Å². The first-order valence-corrected chi connectivity index (χ1v) is 17.7. The molecular formula is C30H38Cl2N6O5S2. The number of para-hydroxylation sites is 1. The summed E-state index contributed by atoms with van der Waals surface area (Å²) in [5, 5.41) is 15.5. The highest BCUT2D eigenvalue weighted by Gasteiger charge is 2.28. The molecule has 0 spiro atoms. The van der Waals surface area contributed by atoms with Crippen molar-refractivity contribution in [1.29, 1.82) is 0 Å². The van der Waals surface area contributed by atoms with Crippen molar-refractivity contribution in [3.05, 3.63) is 89.0 Å². The van der Waals surface area contributed by atoms with E-state index in [1.54, 1.807) is 11.8 Å². The van der Waals surface area contributed by atoms with Gasteiger partial charge in [-0.05, 0) is 63.5 Å². The minimum atomic E-state index is -4.34. The molecule has 2 amide bonds. The number of carbonyl (C=O) groups excluding carboxylic acids is 1. The van der Waals surface area contributed by atoms with E-state index in [9.17, 15) is 23.3 Å². The van der Waals surface area contributed by atoms with Crippen LogP contribution in [0.15, 0.2) is 88.7 Å². The number of halogens is 2. The number of nitrogens with zero attached hydrogens (tertiary/aromatic N) is 4. The lowest BCUT2D eigenvalue weighted by Gasteiger charge is -2.35. The maximum Gasteiger partial charge on any atom is 0.331 e. The minimum absolute atomic E-state index is 0.118. The Kier molecular flexibility index (Phi) is 14.5. The van der Waals surface area contributed by atoms with Gasteiger partial charge in [-0.15, -0.1) is 35.0 Å². The highest BCUT2D eigenvalue weighted by atomic mass is 35.5. The molecule has 4 rings (SSSR count). The number of nitrogens with one attached hydrogen (secondary N) is 2. The molecule has 0 aliphatic carbocycles. The molecule has 3 aromatic rings. The van der Waals surface area contributed by atoms with E-state index in [2.05, 4.69) is 14.9 Å². The fraction of sp³-hybridized carbons (Fsp3) is 0.367. The Hall–Kier alpha value is -3.23.